The lowest BCUT2D eigenvalue weighted by Gasteiger charge is -2.00. The van der Waals surface area contributed by atoms with Crippen molar-refractivity contribution in [1.82, 2.24) is 19.7 Å². The minimum absolute atomic E-state index is 0.347. The molecule has 6 heteroatoms. The first-order valence-corrected chi connectivity index (χ1v) is 4.85. The molecule has 0 bridgehead atoms. The summed E-state index contributed by atoms with van der Waals surface area (Å²) in [6.45, 7) is 0. The Morgan fingerprint density at radius 3 is 2.73 bits per heavy atom. The van der Waals surface area contributed by atoms with Crippen LogP contribution in [0.25, 0.3) is 0 Å². The first-order chi connectivity index (χ1) is 7.28. The molecular weight excluding hydrogens is 216 g/mol. The summed E-state index contributed by atoms with van der Waals surface area (Å²) in [4.78, 5) is 8.10. The number of nitrogens with zero attached hydrogens (tertiary/aromatic N) is 4. The minimum Gasteiger partial charge on any atom is -0.434 e. The van der Waals surface area contributed by atoms with Crippen LogP contribution in [-0.2, 0) is 12.9 Å². The third kappa shape index (κ3) is 2.44. The van der Waals surface area contributed by atoms with Gasteiger partial charge in [0.15, 0.2) is 5.75 Å². The third-order valence-corrected chi connectivity index (χ3v) is 2.00. The Morgan fingerprint density at radius 2 is 2.20 bits per heavy atom. The van der Waals surface area contributed by atoms with Gasteiger partial charge in [-0.05, 0) is 0 Å². The van der Waals surface area contributed by atoms with E-state index in [1.807, 2.05) is 7.05 Å². The molecule has 0 saturated carbocycles. The molecule has 0 amide bonds. The fraction of sp³-hybridized carbons (Fsp3) is 0.222. The summed E-state index contributed by atoms with van der Waals surface area (Å²) < 4.78 is 7.05. The molecule has 0 saturated heterocycles. The third-order valence-electron chi connectivity index (χ3n) is 1.72. The van der Waals surface area contributed by atoms with Gasteiger partial charge in [-0.15, -0.1) is 11.6 Å². The molecule has 0 aliphatic heterocycles. The molecule has 0 fully saturated rings. The Balaban J connectivity index is 2.11. The van der Waals surface area contributed by atoms with Crippen LogP contribution in [-0.4, -0.2) is 19.7 Å². The zero-order valence-electron chi connectivity index (χ0n) is 8.09. The standard InChI is InChI=1S/C9H9ClN4O/c1-14-6-8(4-13-14)15-9-5-11-7(2-10)3-12-9/h3-6H,2H2,1H3. The molecule has 0 radical (unpaired) electrons. The first-order valence-electron chi connectivity index (χ1n) is 4.31. The Kier molecular flexibility index (Phi) is 2.82. The lowest BCUT2D eigenvalue weighted by Crippen LogP contribution is -1.91. The Labute approximate surface area is 91.7 Å². The van der Waals surface area contributed by atoms with Crippen molar-refractivity contribution in [1.29, 1.82) is 0 Å². The molecule has 0 spiro atoms. The molecule has 0 N–H and O–H groups in total. The highest BCUT2D eigenvalue weighted by Gasteiger charge is 2.01. The van der Waals surface area contributed by atoms with E-state index in [2.05, 4.69) is 15.1 Å². The highest BCUT2D eigenvalue weighted by molar-refractivity contribution is 6.16. The van der Waals surface area contributed by atoms with Crippen molar-refractivity contribution in [2.45, 2.75) is 5.88 Å². The molecule has 2 aromatic rings. The van der Waals surface area contributed by atoms with Gasteiger partial charge in [0, 0.05) is 7.05 Å². The van der Waals surface area contributed by atoms with Crippen LogP contribution >= 0.6 is 11.6 Å². The largest absolute Gasteiger partial charge is 0.434 e. The van der Waals surface area contributed by atoms with Gasteiger partial charge < -0.3 is 4.74 Å². The van der Waals surface area contributed by atoms with Gasteiger partial charge in [-0.3, -0.25) is 9.67 Å². The van der Waals surface area contributed by atoms with Crippen LogP contribution in [0.3, 0.4) is 0 Å². The minimum atomic E-state index is 0.347. The molecule has 78 valence electrons. The SMILES string of the molecule is Cn1cc(Oc2cnc(CCl)cn2)cn1. The van der Waals surface area contributed by atoms with Gasteiger partial charge in [0.05, 0.1) is 36.4 Å². The van der Waals surface area contributed by atoms with Crippen LogP contribution in [0, 0.1) is 0 Å². The molecule has 2 aromatic heterocycles. The molecule has 0 aromatic carbocycles. The predicted octanol–water partition coefficient (Wildman–Crippen LogP) is 1.74. The van der Waals surface area contributed by atoms with Gasteiger partial charge in [-0.1, -0.05) is 0 Å². The molecule has 0 atom stereocenters. The van der Waals surface area contributed by atoms with Gasteiger partial charge in [-0.25, -0.2) is 4.98 Å². The van der Waals surface area contributed by atoms with E-state index in [4.69, 9.17) is 16.3 Å². The van der Waals surface area contributed by atoms with Gasteiger partial charge in [0.2, 0.25) is 5.88 Å². The summed E-state index contributed by atoms with van der Waals surface area (Å²) in [6, 6.07) is 0. The molecular formula is C9H9ClN4O. The molecule has 0 aliphatic carbocycles. The topological polar surface area (TPSA) is 52.8 Å². The van der Waals surface area contributed by atoms with Crippen LogP contribution in [0.1, 0.15) is 5.69 Å². The summed E-state index contributed by atoms with van der Waals surface area (Å²) in [5, 5.41) is 3.97. The Hall–Kier alpha value is -1.62. The monoisotopic (exact) mass is 224 g/mol. The second kappa shape index (κ2) is 4.27. The number of aryl methyl sites for hydroxylation is 1. The van der Waals surface area contributed by atoms with E-state index < -0.39 is 0 Å². The molecule has 2 rings (SSSR count). The summed E-state index contributed by atoms with van der Waals surface area (Å²) in [5.41, 5.74) is 0.718. The van der Waals surface area contributed by atoms with E-state index in [9.17, 15) is 0 Å². The number of ether oxygens (including phenoxy) is 1. The van der Waals surface area contributed by atoms with Crippen molar-refractivity contribution >= 4 is 11.6 Å². The fourth-order valence-corrected chi connectivity index (χ4v) is 1.17. The Bertz CT molecular complexity index is 440. The average molecular weight is 225 g/mol. The van der Waals surface area contributed by atoms with Crippen LogP contribution in [0.4, 0.5) is 0 Å². The van der Waals surface area contributed by atoms with Crippen LogP contribution in [0.2, 0.25) is 0 Å². The smallest absolute Gasteiger partial charge is 0.238 e. The zero-order valence-corrected chi connectivity index (χ0v) is 8.85. The maximum absolute atomic E-state index is 5.59. The van der Waals surface area contributed by atoms with E-state index in [0.29, 0.717) is 17.5 Å². The van der Waals surface area contributed by atoms with Gasteiger partial charge >= 0.3 is 0 Å². The molecule has 5 nitrogen and oxygen atoms in total. The van der Waals surface area contributed by atoms with E-state index in [1.54, 1.807) is 23.3 Å². The number of hydrogen-bond acceptors (Lipinski definition) is 4. The number of alkyl halides is 1. The average Bonchev–Trinajstić information content (AvgIpc) is 2.65. The van der Waals surface area contributed by atoms with Crippen molar-refractivity contribution in [2.24, 2.45) is 7.05 Å². The summed E-state index contributed by atoms with van der Waals surface area (Å²) in [5.74, 6) is 1.41. The predicted molar refractivity (Wildman–Crippen MR) is 54.9 cm³/mol. The number of halogens is 1. The van der Waals surface area contributed by atoms with Crippen LogP contribution < -0.4 is 4.74 Å². The molecule has 0 unspecified atom stereocenters. The van der Waals surface area contributed by atoms with E-state index in [0.717, 1.165) is 5.69 Å². The maximum Gasteiger partial charge on any atom is 0.238 e. The van der Waals surface area contributed by atoms with Crippen molar-refractivity contribution < 1.29 is 4.74 Å². The highest BCUT2D eigenvalue weighted by atomic mass is 35.5. The number of aromatic nitrogens is 4. The van der Waals surface area contributed by atoms with Crippen LogP contribution in [0.5, 0.6) is 11.6 Å². The summed E-state index contributed by atoms with van der Waals surface area (Å²) in [7, 11) is 1.81. The second-order valence-corrected chi connectivity index (χ2v) is 3.20. The quantitative estimate of drug-likeness (QED) is 0.746. The maximum atomic E-state index is 5.59. The normalized spacial score (nSPS) is 10.3. The Morgan fingerprint density at radius 1 is 1.33 bits per heavy atom. The lowest BCUT2D eigenvalue weighted by atomic mass is 10.5. The zero-order chi connectivity index (χ0) is 10.7. The number of rotatable bonds is 3. The second-order valence-electron chi connectivity index (χ2n) is 2.93. The molecule has 0 aliphatic rings. The summed E-state index contributed by atoms with van der Waals surface area (Å²) in [6.07, 6.45) is 6.47. The van der Waals surface area contributed by atoms with Gasteiger partial charge in [-0.2, -0.15) is 5.10 Å². The lowest BCUT2D eigenvalue weighted by molar-refractivity contribution is 0.459. The van der Waals surface area contributed by atoms with Crippen LogP contribution in [0.15, 0.2) is 24.8 Å². The first kappa shape index (κ1) is 9.92. The molecule has 15 heavy (non-hydrogen) atoms. The van der Waals surface area contributed by atoms with Crippen molar-refractivity contribution in [3.05, 3.63) is 30.5 Å². The number of hydrogen-bond donors (Lipinski definition) is 0. The van der Waals surface area contributed by atoms with E-state index in [1.165, 1.54) is 6.20 Å². The van der Waals surface area contributed by atoms with Crippen molar-refractivity contribution in [3.63, 3.8) is 0 Å². The van der Waals surface area contributed by atoms with Gasteiger partial charge in [0.1, 0.15) is 0 Å². The molecule has 2 heterocycles. The van der Waals surface area contributed by atoms with E-state index in [-0.39, 0.29) is 0 Å². The van der Waals surface area contributed by atoms with Gasteiger partial charge in [0.25, 0.3) is 0 Å². The fourth-order valence-electron chi connectivity index (χ4n) is 1.04. The van der Waals surface area contributed by atoms with Crippen molar-refractivity contribution in [3.8, 4) is 11.6 Å². The van der Waals surface area contributed by atoms with Crippen molar-refractivity contribution in [2.75, 3.05) is 0 Å². The highest BCUT2D eigenvalue weighted by Crippen LogP contribution is 2.16. The summed E-state index contributed by atoms with van der Waals surface area (Å²) >= 11 is 5.59. The van der Waals surface area contributed by atoms with E-state index >= 15 is 0 Å².